The number of methoxy groups -OCH3 is 1. The number of hydrogen-bond acceptors (Lipinski definition) is 7. The van der Waals surface area contributed by atoms with Crippen molar-refractivity contribution in [3.05, 3.63) is 46.6 Å². The molecule has 11 heteroatoms. The fraction of sp³-hybridized carbons (Fsp3) is 0.200. The van der Waals surface area contributed by atoms with Crippen molar-refractivity contribution in [3.63, 3.8) is 0 Å². The summed E-state index contributed by atoms with van der Waals surface area (Å²) in [5.74, 6) is 2.92. The van der Waals surface area contributed by atoms with Gasteiger partial charge in [0, 0.05) is 6.54 Å². The third-order valence-corrected chi connectivity index (χ3v) is 4.83. The fourth-order valence-electron chi connectivity index (χ4n) is 2.18. The van der Waals surface area contributed by atoms with Crippen LogP contribution >= 0.6 is 0 Å². The third kappa shape index (κ3) is 3.28. The van der Waals surface area contributed by atoms with Crippen molar-refractivity contribution in [1.82, 2.24) is 29.1 Å². The van der Waals surface area contributed by atoms with Crippen molar-refractivity contribution in [3.8, 4) is 18.1 Å². The Kier molecular flexibility index (Phi) is 4.70. The van der Waals surface area contributed by atoms with Crippen LogP contribution in [0.25, 0.3) is 5.65 Å². The predicted molar refractivity (Wildman–Crippen MR) is 90.9 cm³/mol. The van der Waals surface area contributed by atoms with E-state index >= 15 is 0 Å². The second-order valence-corrected chi connectivity index (χ2v) is 6.83. The Morgan fingerprint density at radius 2 is 2.04 bits per heavy atom. The van der Waals surface area contributed by atoms with Crippen LogP contribution in [-0.2, 0) is 23.1 Å². The molecule has 0 spiro atoms. The normalized spacial score (nSPS) is 11.4. The molecule has 10 nitrogen and oxygen atoms in total. The summed E-state index contributed by atoms with van der Waals surface area (Å²) in [5.41, 5.74) is -0.0806. The van der Waals surface area contributed by atoms with Crippen molar-refractivity contribution in [2.45, 2.75) is 18.1 Å². The SMILES string of the molecule is C#CCn1nnc2c(S(=O)(=O)NCc3ccc(OC)cc3)ncn2c1=O. The van der Waals surface area contributed by atoms with E-state index in [1.807, 2.05) is 0 Å². The van der Waals surface area contributed by atoms with E-state index in [4.69, 9.17) is 11.2 Å². The number of fused-ring (bicyclic) bond motifs is 1. The molecule has 3 aromatic rings. The van der Waals surface area contributed by atoms with E-state index in [1.54, 1.807) is 31.4 Å². The standard InChI is InChI=1S/C15H14N6O4S/c1-3-8-21-15(22)20-10-16-14(13(20)18-19-21)26(23,24)17-9-11-4-6-12(25-2)7-5-11/h1,4-7,10,17H,8-9H2,2H3. The molecule has 1 N–H and O–H groups in total. The van der Waals surface area contributed by atoms with E-state index in [0.717, 1.165) is 21.0 Å². The van der Waals surface area contributed by atoms with Gasteiger partial charge in [-0.1, -0.05) is 23.3 Å². The Labute approximate surface area is 148 Å². The molecule has 0 fully saturated rings. The fourth-order valence-corrected chi connectivity index (χ4v) is 3.24. The summed E-state index contributed by atoms with van der Waals surface area (Å²) < 4.78 is 34.4. The van der Waals surface area contributed by atoms with Gasteiger partial charge >= 0.3 is 5.69 Å². The highest BCUT2D eigenvalue weighted by atomic mass is 32.2. The smallest absolute Gasteiger partial charge is 0.353 e. The molecule has 0 aliphatic heterocycles. The summed E-state index contributed by atoms with van der Waals surface area (Å²) in [5, 5.41) is 6.99. The van der Waals surface area contributed by atoms with E-state index < -0.39 is 15.7 Å². The zero-order chi connectivity index (χ0) is 18.7. The number of ether oxygens (including phenoxy) is 1. The number of rotatable bonds is 6. The van der Waals surface area contributed by atoms with Gasteiger partial charge in [0.15, 0.2) is 0 Å². The molecular formula is C15H14N6O4S. The Balaban J connectivity index is 1.88. The third-order valence-electron chi connectivity index (χ3n) is 3.51. The van der Waals surface area contributed by atoms with E-state index in [0.29, 0.717) is 5.75 Å². The van der Waals surface area contributed by atoms with E-state index in [-0.39, 0.29) is 23.8 Å². The van der Waals surface area contributed by atoms with Crippen molar-refractivity contribution in [1.29, 1.82) is 0 Å². The first-order chi connectivity index (χ1) is 12.5. The molecule has 1 aromatic carbocycles. The number of benzene rings is 1. The summed E-state index contributed by atoms with van der Waals surface area (Å²) in [6.07, 6.45) is 6.22. The van der Waals surface area contributed by atoms with Gasteiger partial charge < -0.3 is 4.74 Å². The maximum atomic E-state index is 12.5. The molecule has 26 heavy (non-hydrogen) atoms. The zero-order valence-electron chi connectivity index (χ0n) is 13.7. The minimum absolute atomic E-state index is 0.0347. The first-order valence-corrected chi connectivity index (χ1v) is 8.81. The van der Waals surface area contributed by atoms with Gasteiger partial charge in [-0.3, -0.25) is 0 Å². The Hall–Kier alpha value is -3.23. The molecule has 0 atom stereocenters. The first-order valence-electron chi connectivity index (χ1n) is 7.33. The highest BCUT2D eigenvalue weighted by Crippen LogP contribution is 2.14. The minimum Gasteiger partial charge on any atom is -0.497 e. The summed E-state index contributed by atoms with van der Waals surface area (Å²) in [6.45, 7) is -0.0509. The highest BCUT2D eigenvalue weighted by Gasteiger charge is 2.23. The van der Waals surface area contributed by atoms with E-state index in [9.17, 15) is 13.2 Å². The topological polar surface area (TPSA) is 120 Å². The molecule has 0 amide bonds. The lowest BCUT2D eigenvalue weighted by atomic mass is 10.2. The van der Waals surface area contributed by atoms with Crippen LogP contribution in [0.2, 0.25) is 0 Å². The quantitative estimate of drug-likeness (QED) is 0.572. The second-order valence-electron chi connectivity index (χ2n) is 5.15. The molecule has 2 aromatic heterocycles. The molecule has 0 unspecified atom stereocenters. The largest absolute Gasteiger partial charge is 0.497 e. The molecular weight excluding hydrogens is 360 g/mol. The molecule has 0 aliphatic rings. The Morgan fingerprint density at radius 3 is 2.69 bits per heavy atom. The lowest BCUT2D eigenvalue weighted by Crippen LogP contribution is -2.30. The van der Waals surface area contributed by atoms with Crippen molar-refractivity contribution >= 4 is 15.7 Å². The van der Waals surface area contributed by atoms with Gasteiger partial charge in [-0.05, 0) is 17.7 Å². The highest BCUT2D eigenvalue weighted by molar-refractivity contribution is 7.89. The maximum absolute atomic E-state index is 12.5. The van der Waals surface area contributed by atoms with Crippen LogP contribution in [0, 0.1) is 12.3 Å². The zero-order valence-corrected chi connectivity index (χ0v) is 14.5. The molecule has 0 radical (unpaired) electrons. The average molecular weight is 374 g/mol. The number of aromatic nitrogens is 5. The van der Waals surface area contributed by atoms with E-state index in [2.05, 4.69) is 25.9 Å². The molecule has 134 valence electrons. The first kappa shape index (κ1) is 17.6. The summed E-state index contributed by atoms with van der Waals surface area (Å²) >= 11 is 0. The van der Waals surface area contributed by atoms with Crippen LogP contribution in [-0.4, -0.2) is 39.9 Å². The van der Waals surface area contributed by atoms with Gasteiger partial charge in [0.05, 0.1) is 7.11 Å². The lowest BCUT2D eigenvalue weighted by molar-refractivity contribution is 0.414. The predicted octanol–water partition coefficient (Wildman–Crippen LogP) is -0.594. The van der Waals surface area contributed by atoms with Crippen LogP contribution in [0.5, 0.6) is 5.75 Å². The van der Waals surface area contributed by atoms with E-state index in [1.165, 1.54) is 0 Å². The molecule has 0 saturated carbocycles. The van der Waals surface area contributed by atoms with Gasteiger partial charge in [-0.15, -0.1) is 11.5 Å². The average Bonchev–Trinajstić information content (AvgIpc) is 3.09. The van der Waals surface area contributed by atoms with Gasteiger partial charge in [-0.25, -0.2) is 27.3 Å². The van der Waals surface area contributed by atoms with Crippen LogP contribution in [0.3, 0.4) is 0 Å². The lowest BCUT2D eigenvalue weighted by Gasteiger charge is -2.06. The number of sulfonamides is 1. The summed E-state index contributed by atoms with van der Waals surface area (Å²) in [4.78, 5) is 16.0. The second kappa shape index (κ2) is 6.95. The molecule has 0 bridgehead atoms. The van der Waals surface area contributed by atoms with Crippen LogP contribution < -0.4 is 15.1 Å². The Morgan fingerprint density at radius 1 is 1.31 bits per heavy atom. The van der Waals surface area contributed by atoms with Crippen molar-refractivity contribution < 1.29 is 13.2 Å². The van der Waals surface area contributed by atoms with Crippen LogP contribution in [0.15, 0.2) is 40.4 Å². The van der Waals surface area contributed by atoms with Gasteiger partial charge in [0.25, 0.3) is 10.0 Å². The van der Waals surface area contributed by atoms with Crippen molar-refractivity contribution in [2.75, 3.05) is 7.11 Å². The molecule has 3 rings (SSSR count). The van der Waals surface area contributed by atoms with Gasteiger partial charge in [0.1, 0.15) is 18.6 Å². The minimum atomic E-state index is -4.00. The molecule has 0 saturated heterocycles. The molecule has 0 aliphatic carbocycles. The number of imidazole rings is 1. The number of hydrogen-bond donors (Lipinski definition) is 1. The number of terminal acetylenes is 1. The van der Waals surface area contributed by atoms with Crippen LogP contribution in [0.1, 0.15) is 5.56 Å². The molecule has 2 heterocycles. The summed E-state index contributed by atoms with van der Waals surface area (Å²) in [7, 11) is -2.46. The Bertz CT molecular complexity index is 1140. The summed E-state index contributed by atoms with van der Waals surface area (Å²) in [6, 6.07) is 6.89. The van der Waals surface area contributed by atoms with Gasteiger partial charge in [-0.2, -0.15) is 4.68 Å². The number of nitrogens with zero attached hydrogens (tertiary/aromatic N) is 5. The van der Waals surface area contributed by atoms with Crippen LogP contribution in [0.4, 0.5) is 0 Å². The maximum Gasteiger partial charge on any atom is 0.353 e. The monoisotopic (exact) mass is 374 g/mol. The van der Waals surface area contributed by atoms with Crippen molar-refractivity contribution in [2.24, 2.45) is 0 Å². The van der Waals surface area contributed by atoms with Gasteiger partial charge in [0.2, 0.25) is 10.7 Å². The number of nitrogens with one attached hydrogen (secondary N) is 1.